The van der Waals surface area contributed by atoms with Crippen LogP contribution in [0.25, 0.3) is 10.8 Å². The van der Waals surface area contributed by atoms with E-state index in [1.165, 1.54) is 0 Å². The molecule has 0 aliphatic carbocycles. The topological polar surface area (TPSA) is 55.2 Å². The Morgan fingerprint density at radius 2 is 1.93 bits per heavy atom. The van der Waals surface area contributed by atoms with Gasteiger partial charge in [0.2, 0.25) is 4.77 Å². The molecule has 5 nitrogen and oxygen atoms in total. The van der Waals surface area contributed by atoms with Crippen molar-refractivity contribution in [3.8, 4) is 5.75 Å². The summed E-state index contributed by atoms with van der Waals surface area (Å²) in [6.07, 6.45) is 2.52. The fourth-order valence-corrected chi connectivity index (χ4v) is 3.53. The molecule has 0 radical (unpaired) electrons. The highest BCUT2D eigenvalue weighted by Gasteiger charge is 2.09. The van der Waals surface area contributed by atoms with Gasteiger partial charge in [0.05, 0.1) is 6.21 Å². The summed E-state index contributed by atoms with van der Waals surface area (Å²) in [5, 5.41) is 13.8. The number of halogens is 1. The predicted molar refractivity (Wildman–Crippen MR) is 122 cm³/mol. The van der Waals surface area contributed by atoms with Crippen LogP contribution >= 0.6 is 28.1 Å². The Kier molecular flexibility index (Phi) is 5.87. The molecule has 0 atom stereocenters. The highest BCUT2D eigenvalue weighted by molar-refractivity contribution is 9.10. The van der Waals surface area contributed by atoms with Crippen molar-refractivity contribution in [2.24, 2.45) is 5.10 Å². The van der Waals surface area contributed by atoms with Crippen molar-refractivity contribution in [1.29, 1.82) is 0 Å². The lowest BCUT2D eigenvalue weighted by molar-refractivity contribution is 0.306. The number of aromatic nitrogens is 3. The standard InChI is InChI=1S/C22H19BrN4OS/c1-2-21-25-26-22(29)27(21)24-13-19-18-6-4-3-5-16(18)9-12-20(19)28-14-15-7-10-17(23)11-8-15/h3-13H,2,14H2,1H3,(H,26,29)/b24-13-. The Morgan fingerprint density at radius 3 is 2.72 bits per heavy atom. The van der Waals surface area contributed by atoms with E-state index in [9.17, 15) is 0 Å². The Morgan fingerprint density at radius 1 is 1.14 bits per heavy atom. The minimum absolute atomic E-state index is 0.468. The number of nitrogens with one attached hydrogen (secondary N) is 1. The molecule has 1 aromatic heterocycles. The first-order valence-corrected chi connectivity index (χ1v) is 10.5. The summed E-state index contributed by atoms with van der Waals surface area (Å²) in [7, 11) is 0. The molecule has 0 fully saturated rings. The molecule has 4 rings (SSSR count). The number of nitrogens with zero attached hydrogens (tertiary/aromatic N) is 3. The summed E-state index contributed by atoms with van der Waals surface area (Å²) in [5.74, 6) is 1.55. The van der Waals surface area contributed by atoms with Crippen LogP contribution in [0.5, 0.6) is 5.75 Å². The second-order valence-corrected chi connectivity index (χ2v) is 7.77. The normalized spacial score (nSPS) is 11.4. The third-order valence-electron chi connectivity index (χ3n) is 4.57. The molecular formula is C22H19BrN4OS. The van der Waals surface area contributed by atoms with Gasteiger partial charge in [-0.25, -0.2) is 0 Å². The zero-order valence-corrected chi connectivity index (χ0v) is 18.2. The maximum absolute atomic E-state index is 6.16. The van der Waals surface area contributed by atoms with Gasteiger partial charge >= 0.3 is 0 Å². The summed E-state index contributed by atoms with van der Waals surface area (Å²) < 4.78 is 9.32. The zero-order valence-electron chi connectivity index (χ0n) is 15.8. The van der Waals surface area contributed by atoms with E-state index >= 15 is 0 Å². The highest BCUT2D eigenvalue weighted by Crippen LogP contribution is 2.27. The van der Waals surface area contributed by atoms with Crippen LogP contribution in [0.2, 0.25) is 0 Å². The molecule has 3 aromatic carbocycles. The maximum Gasteiger partial charge on any atom is 0.216 e. The van der Waals surface area contributed by atoms with Crippen LogP contribution in [0.15, 0.2) is 70.2 Å². The number of aromatic amines is 1. The van der Waals surface area contributed by atoms with Crippen LogP contribution in [0, 0.1) is 4.77 Å². The molecule has 0 amide bonds. The zero-order chi connectivity index (χ0) is 20.2. The van der Waals surface area contributed by atoms with Crippen molar-refractivity contribution in [1.82, 2.24) is 14.9 Å². The molecular weight excluding hydrogens is 448 g/mol. The average molecular weight is 467 g/mol. The van der Waals surface area contributed by atoms with Gasteiger partial charge in [-0.05, 0) is 46.8 Å². The molecule has 7 heteroatoms. The first-order valence-electron chi connectivity index (χ1n) is 9.25. The SMILES string of the molecule is CCc1n[nH]c(=S)n1/N=C\c1c(OCc2ccc(Br)cc2)ccc2ccccc12. The second-order valence-electron chi connectivity index (χ2n) is 6.47. The minimum atomic E-state index is 0.468. The van der Waals surface area contributed by atoms with Gasteiger partial charge in [-0.2, -0.15) is 14.9 Å². The number of ether oxygens (including phenoxy) is 1. The second kappa shape index (κ2) is 8.71. The van der Waals surface area contributed by atoms with Crippen molar-refractivity contribution in [2.45, 2.75) is 20.0 Å². The quantitative estimate of drug-likeness (QED) is 0.285. The van der Waals surface area contributed by atoms with Crippen LogP contribution in [-0.4, -0.2) is 21.1 Å². The molecule has 4 aromatic rings. The predicted octanol–water partition coefficient (Wildman–Crippen LogP) is 5.88. The molecule has 0 saturated carbocycles. The number of H-pyrrole nitrogens is 1. The highest BCUT2D eigenvalue weighted by atomic mass is 79.9. The van der Waals surface area contributed by atoms with Crippen LogP contribution < -0.4 is 4.74 Å². The number of hydrogen-bond acceptors (Lipinski definition) is 4. The molecule has 0 bridgehead atoms. The van der Waals surface area contributed by atoms with Crippen LogP contribution in [0.1, 0.15) is 23.9 Å². The molecule has 1 N–H and O–H groups in total. The molecule has 0 aliphatic heterocycles. The smallest absolute Gasteiger partial charge is 0.216 e. The van der Waals surface area contributed by atoms with Gasteiger partial charge in [-0.15, -0.1) is 0 Å². The first kappa shape index (κ1) is 19.5. The Hall–Kier alpha value is -2.77. The van der Waals surface area contributed by atoms with Gasteiger partial charge in [0.1, 0.15) is 12.4 Å². The summed E-state index contributed by atoms with van der Waals surface area (Å²) in [6.45, 7) is 2.49. The van der Waals surface area contributed by atoms with E-state index in [4.69, 9.17) is 17.0 Å². The van der Waals surface area contributed by atoms with E-state index < -0.39 is 0 Å². The van der Waals surface area contributed by atoms with E-state index in [1.54, 1.807) is 10.9 Å². The Labute approximate surface area is 182 Å². The van der Waals surface area contributed by atoms with Gasteiger partial charge in [0.25, 0.3) is 0 Å². The third-order valence-corrected chi connectivity index (χ3v) is 5.37. The van der Waals surface area contributed by atoms with E-state index in [0.29, 0.717) is 11.4 Å². The summed E-state index contributed by atoms with van der Waals surface area (Å²) >= 11 is 8.77. The number of benzene rings is 3. The number of rotatable bonds is 6. The molecule has 0 unspecified atom stereocenters. The van der Waals surface area contributed by atoms with E-state index in [1.807, 2.05) is 49.4 Å². The van der Waals surface area contributed by atoms with Crippen LogP contribution in [0.3, 0.4) is 0 Å². The van der Waals surface area contributed by atoms with Gasteiger partial charge in [0.15, 0.2) is 5.82 Å². The lowest BCUT2D eigenvalue weighted by Gasteiger charge is -2.12. The van der Waals surface area contributed by atoms with E-state index in [0.717, 1.165) is 44.4 Å². The van der Waals surface area contributed by atoms with Crippen molar-refractivity contribution >= 4 is 45.1 Å². The summed E-state index contributed by atoms with van der Waals surface area (Å²) in [6, 6.07) is 20.3. The van der Waals surface area contributed by atoms with Gasteiger partial charge in [-0.3, -0.25) is 5.10 Å². The lowest BCUT2D eigenvalue weighted by atomic mass is 10.0. The van der Waals surface area contributed by atoms with Crippen LogP contribution in [-0.2, 0) is 13.0 Å². The van der Waals surface area contributed by atoms with Crippen molar-refractivity contribution in [3.63, 3.8) is 0 Å². The van der Waals surface area contributed by atoms with E-state index in [2.05, 4.69) is 49.4 Å². The molecule has 0 aliphatic rings. The molecule has 0 spiro atoms. The Balaban J connectivity index is 1.72. The molecule has 29 heavy (non-hydrogen) atoms. The first-order chi connectivity index (χ1) is 14.2. The third kappa shape index (κ3) is 4.31. The Bertz CT molecular complexity index is 1230. The van der Waals surface area contributed by atoms with E-state index in [-0.39, 0.29) is 0 Å². The molecule has 0 saturated heterocycles. The van der Waals surface area contributed by atoms with Gasteiger partial charge in [0, 0.05) is 16.5 Å². The number of hydrogen-bond donors (Lipinski definition) is 1. The van der Waals surface area contributed by atoms with Gasteiger partial charge in [-0.1, -0.05) is 65.3 Å². The maximum atomic E-state index is 6.16. The monoisotopic (exact) mass is 466 g/mol. The molecule has 1 heterocycles. The molecule has 146 valence electrons. The lowest BCUT2D eigenvalue weighted by Crippen LogP contribution is -2.01. The fraction of sp³-hybridized carbons (Fsp3) is 0.136. The van der Waals surface area contributed by atoms with Gasteiger partial charge < -0.3 is 4.74 Å². The minimum Gasteiger partial charge on any atom is -0.488 e. The summed E-state index contributed by atoms with van der Waals surface area (Å²) in [5.41, 5.74) is 2.00. The average Bonchev–Trinajstić information content (AvgIpc) is 3.11. The number of aryl methyl sites for hydroxylation is 1. The summed E-state index contributed by atoms with van der Waals surface area (Å²) in [4.78, 5) is 0. The van der Waals surface area contributed by atoms with Crippen LogP contribution in [0.4, 0.5) is 0 Å². The largest absolute Gasteiger partial charge is 0.488 e. The fourth-order valence-electron chi connectivity index (χ4n) is 3.06. The van der Waals surface area contributed by atoms with Crippen molar-refractivity contribution < 1.29 is 4.74 Å². The van der Waals surface area contributed by atoms with Crippen molar-refractivity contribution in [3.05, 3.63) is 86.9 Å². The van der Waals surface area contributed by atoms with Crippen molar-refractivity contribution in [2.75, 3.05) is 0 Å². The number of fused-ring (bicyclic) bond motifs is 1.